The van der Waals surface area contributed by atoms with Gasteiger partial charge in [-0.3, -0.25) is 0 Å². The maximum Gasteiger partial charge on any atom is 0.217 e. The van der Waals surface area contributed by atoms with Gasteiger partial charge in [0.15, 0.2) is 0 Å². The lowest BCUT2D eigenvalue weighted by molar-refractivity contribution is 0.186. The summed E-state index contributed by atoms with van der Waals surface area (Å²) in [5.74, 6) is 0. The van der Waals surface area contributed by atoms with Crippen LogP contribution in [0.1, 0.15) is 11.1 Å². The van der Waals surface area contributed by atoms with Crippen LogP contribution < -0.4 is 0 Å². The van der Waals surface area contributed by atoms with E-state index < -0.39 is 3.79 Å². The smallest absolute Gasteiger partial charge is 0.217 e. The van der Waals surface area contributed by atoms with Crippen LogP contribution in [0, 0.1) is 6.92 Å². The third kappa shape index (κ3) is 6.14. The summed E-state index contributed by atoms with van der Waals surface area (Å²) in [5, 5.41) is 15.7. The molecule has 0 unspecified atom stereocenters. The average molecular weight is 306 g/mol. The lowest BCUT2D eigenvalue weighted by Crippen LogP contribution is -2.00. The van der Waals surface area contributed by atoms with Crippen LogP contribution >= 0.6 is 46.4 Å². The molecule has 1 rings (SSSR count). The second-order valence-electron chi connectivity index (χ2n) is 2.93. The predicted octanol–water partition coefficient (Wildman–Crippen LogP) is 3.45. The molecular formula is C10H12Cl4O2. The van der Waals surface area contributed by atoms with E-state index >= 15 is 0 Å². The van der Waals surface area contributed by atoms with Crippen molar-refractivity contribution < 1.29 is 10.2 Å². The van der Waals surface area contributed by atoms with Crippen molar-refractivity contribution in [2.75, 3.05) is 13.2 Å². The van der Waals surface area contributed by atoms with Crippen molar-refractivity contribution in [3.63, 3.8) is 0 Å². The van der Waals surface area contributed by atoms with Gasteiger partial charge in [0.05, 0.1) is 13.2 Å². The number of alkyl halides is 3. The van der Waals surface area contributed by atoms with Gasteiger partial charge in [0.25, 0.3) is 0 Å². The van der Waals surface area contributed by atoms with E-state index in [0.29, 0.717) is 10.6 Å². The van der Waals surface area contributed by atoms with E-state index in [1.54, 1.807) is 12.1 Å². The molecule has 1 aromatic rings. The second-order valence-corrected chi connectivity index (χ2v) is 5.62. The minimum absolute atomic E-state index is 0.125. The Kier molecular flexibility index (Phi) is 7.73. The summed E-state index contributed by atoms with van der Waals surface area (Å²) < 4.78 is -1.44. The molecule has 0 spiro atoms. The van der Waals surface area contributed by atoms with Crippen molar-refractivity contribution in [1.82, 2.24) is 0 Å². The highest BCUT2D eigenvalue weighted by Crippen LogP contribution is 2.41. The quantitative estimate of drug-likeness (QED) is 0.780. The van der Waals surface area contributed by atoms with E-state index in [1.165, 1.54) is 0 Å². The summed E-state index contributed by atoms with van der Waals surface area (Å²) in [6, 6.07) is 5.33. The van der Waals surface area contributed by atoms with Crippen molar-refractivity contribution in [3.8, 4) is 0 Å². The van der Waals surface area contributed by atoms with Crippen LogP contribution in [-0.4, -0.2) is 23.4 Å². The third-order valence-electron chi connectivity index (χ3n) is 1.53. The summed E-state index contributed by atoms with van der Waals surface area (Å²) in [6.07, 6.45) is 0. The van der Waals surface area contributed by atoms with Gasteiger partial charge in [-0.1, -0.05) is 58.5 Å². The molecule has 2 N–H and O–H groups in total. The highest BCUT2D eigenvalue weighted by atomic mass is 35.6. The molecule has 0 aliphatic rings. The fourth-order valence-corrected chi connectivity index (χ4v) is 1.87. The van der Waals surface area contributed by atoms with Crippen LogP contribution in [0.5, 0.6) is 0 Å². The van der Waals surface area contributed by atoms with Gasteiger partial charge in [-0.05, 0) is 18.6 Å². The monoisotopic (exact) mass is 304 g/mol. The Hall–Kier alpha value is 0.300. The summed E-state index contributed by atoms with van der Waals surface area (Å²) in [4.78, 5) is 0. The molecule has 0 aliphatic heterocycles. The predicted molar refractivity (Wildman–Crippen MR) is 69.6 cm³/mol. The maximum atomic E-state index is 7.62. The number of benzene rings is 1. The molecule has 6 heteroatoms. The fourth-order valence-electron chi connectivity index (χ4n) is 0.850. The Morgan fingerprint density at radius 1 is 1.12 bits per heavy atom. The van der Waals surface area contributed by atoms with E-state index in [0.717, 1.165) is 5.56 Å². The zero-order chi connectivity index (χ0) is 12.8. The van der Waals surface area contributed by atoms with Crippen LogP contribution in [0.3, 0.4) is 0 Å². The zero-order valence-electron chi connectivity index (χ0n) is 8.55. The number of rotatable bonds is 1. The summed E-state index contributed by atoms with van der Waals surface area (Å²) >= 11 is 22.8. The van der Waals surface area contributed by atoms with Crippen molar-refractivity contribution in [1.29, 1.82) is 0 Å². The largest absolute Gasteiger partial charge is 0.394 e. The van der Waals surface area contributed by atoms with Crippen LogP contribution in [0.4, 0.5) is 0 Å². The van der Waals surface area contributed by atoms with Crippen LogP contribution in [0.2, 0.25) is 5.02 Å². The van der Waals surface area contributed by atoms with Gasteiger partial charge in [0.1, 0.15) is 0 Å². The fraction of sp³-hybridized carbons (Fsp3) is 0.400. The average Bonchev–Trinajstić information content (AvgIpc) is 2.16. The normalized spacial score (nSPS) is 10.7. The molecule has 0 amide bonds. The first-order valence-corrected chi connectivity index (χ1v) is 5.89. The molecule has 16 heavy (non-hydrogen) atoms. The molecule has 0 bridgehead atoms. The highest BCUT2D eigenvalue weighted by molar-refractivity contribution is 6.67. The lowest BCUT2D eigenvalue weighted by Gasteiger charge is -2.12. The Morgan fingerprint density at radius 2 is 1.62 bits per heavy atom. The molecule has 0 aliphatic carbocycles. The van der Waals surface area contributed by atoms with E-state index in [-0.39, 0.29) is 13.2 Å². The van der Waals surface area contributed by atoms with Gasteiger partial charge in [0, 0.05) is 10.6 Å². The first-order chi connectivity index (χ1) is 7.32. The molecule has 0 fully saturated rings. The van der Waals surface area contributed by atoms with Gasteiger partial charge < -0.3 is 10.2 Å². The molecule has 2 nitrogen and oxygen atoms in total. The van der Waals surface area contributed by atoms with Gasteiger partial charge in [-0.2, -0.15) is 0 Å². The first-order valence-electron chi connectivity index (χ1n) is 4.38. The van der Waals surface area contributed by atoms with E-state index in [1.807, 2.05) is 13.0 Å². The molecule has 0 radical (unpaired) electrons. The van der Waals surface area contributed by atoms with Crippen LogP contribution in [-0.2, 0) is 3.79 Å². The number of aliphatic hydroxyl groups excluding tert-OH is 2. The van der Waals surface area contributed by atoms with Crippen LogP contribution in [0.15, 0.2) is 18.2 Å². The third-order valence-corrected chi connectivity index (χ3v) is 2.45. The molecule has 1 aromatic carbocycles. The molecule has 0 saturated heterocycles. The molecule has 0 heterocycles. The molecular weight excluding hydrogens is 294 g/mol. The first kappa shape index (κ1) is 16.3. The Bertz CT molecular complexity index is 321. The zero-order valence-corrected chi connectivity index (χ0v) is 11.6. The SMILES string of the molecule is Cc1ccc(C(Cl)(Cl)Cl)c(Cl)c1.OCCO. The molecule has 0 atom stereocenters. The summed E-state index contributed by atoms with van der Waals surface area (Å²) in [7, 11) is 0. The highest BCUT2D eigenvalue weighted by Gasteiger charge is 2.25. The molecule has 0 saturated carbocycles. The van der Waals surface area contributed by atoms with Gasteiger partial charge in [-0.25, -0.2) is 0 Å². The minimum Gasteiger partial charge on any atom is -0.394 e. The number of aliphatic hydroxyl groups is 2. The number of halogens is 4. The van der Waals surface area contributed by atoms with Gasteiger partial charge >= 0.3 is 0 Å². The minimum atomic E-state index is -1.44. The van der Waals surface area contributed by atoms with E-state index in [4.69, 9.17) is 56.6 Å². The van der Waals surface area contributed by atoms with Crippen molar-refractivity contribution in [2.45, 2.75) is 10.7 Å². The molecule has 0 aromatic heterocycles. The van der Waals surface area contributed by atoms with Gasteiger partial charge in [-0.15, -0.1) is 0 Å². The van der Waals surface area contributed by atoms with Gasteiger partial charge in [0.2, 0.25) is 3.79 Å². The maximum absolute atomic E-state index is 7.62. The van der Waals surface area contributed by atoms with Crippen molar-refractivity contribution in [2.24, 2.45) is 0 Å². The van der Waals surface area contributed by atoms with E-state index in [2.05, 4.69) is 0 Å². The Balaban J connectivity index is 0.000000487. The summed E-state index contributed by atoms with van der Waals surface area (Å²) in [6.45, 7) is 1.67. The van der Waals surface area contributed by atoms with Crippen molar-refractivity contribution >= 4 is 46.4 Å². The Morgan fingerprint density at radius 3 is 1.94 bits per heavy atom. The lowest BCUT2D eigenvalue weighted by atomic mass is 10.2. The van der Waals surface area contributed by atoms with Crippen molar-refractivity contribution in [3.05, 3.63) is 34.3 Å². The molecule has 92 valence electrons. The number of hydrogen-bond acceptors (Lipinski definition) is 2. The standard InChI is InChI=1S/C8H6Cl4.C2H6O2/c1-5-2-3-6(7(9)4-5)8(10,11)12;3-1-2-4/h2-4H,1H3;3-4H,1-2H2. The number of hydrogen-bond donors (Lipinski definition) is 2. The van der Waals surface area contributed by atoms with E-state index in [9.17, 15) is 0 Å². The Labute approximate surface area is 115 Å². The topological polar surface area (TPSA) is 40.5 Å². The second kappa shape index (κ2) is 7.59. The van der Waals surface area contributed by atoms with Crippen LogP contribution in [0.25, 0.3) is 0 Å². The number of aryl methyl sites for hydroxylation is 1. The summed E-state index contributed by atoms with van der Waals surface area (Å²) in [5.41, 5.74) is 1.55.